The van der Waals surface area contributed by atoms with Crippen molar-refractivity contribution in [2.45, 2.75) is 25.6 Å². The maximum Gasteiger partial charge on any atom is 0.416 e. The molecule has 0 aliphatic heterocycles. The van der Waals surface area contributed by atoms with E-state index in [9.17, 15) is 18.0 Å². The molecule has 0 spiro atoms. The molecule has 3 rings (SSSR count). The lowest BCUT2D eigenvalue weighted by Crippen LogP contribution is -2.25. The van der Waals surface area contributed by atoms with Crippen LogP contribution in [0.3, 0.4) is 0 Å². The number of aromatic nitrogens is 4. The summed E-state index contributed by atoms with van der Waals surface area (Å²) in [7, 11) is 0. The van der Waals surface area contributed by atoms with E-state index in [1.54, 1.807) is 12.4 Å². The van der Waals surface area contributed by atoms with Crippen LogP contribution < -0.4 is 5.32 Å². The minimum Gasteiger partial charge on any atom is -0.351 e. The minimum absolute atomic E-state index is 0.0586. The highest BCUT2D eigenvalue weighted by Crippen LogP contribution is 2.32. The van der Waals surface area contributed by atoms with Crippen LogP contribution in [0.5, 0.6) is 0 Å². The fourth-order valence-electron chi connectivity index (χ4n) is 2.72. The summed E-state index contributed by atoms with van der Waals surface area (Å²) in [6.07, 6.45) is 1.85. The van der Waals surface area contributed by atoms with Gasteiger partial charge in [0.15, 0.2) is 5.69 Å². The van der Waals surface area contributed by atoms with Gasteiger partial charge in [-0.2, -0.15) is 13.2 Å². The summed E-state index contributed by atoms with van der Waals surface area (Å²) in [6, 6.07) is 9.06. The summed E-state index contributed by atoms with van der Waals surface area (Å²) in [5.41, 5.74) is 0.465. The van der Waals surface area contributed by atoms with Crippen molar-refractivity contribution in [2.24, 2.45) is 0 Å². The van der Waals surface area contributed by atoms with Crippen molar-refractivity contribution >= 4 is 5.91 Å². The second-order valence-corrected chi connectivity index (χ2v) is 6.18. The molecular formula is C19H18F3N5O. The number of alkyl halides is 3. The summed E-state index contributed by atoms with van der Waals surface area (Å²) in [5, 5.41) is 10.2. The van der Waals surface area contributed by atoms with Crippen LogP contribution >= 0.6 is 0 Å². The van der Waals surface area contributed by atoms with E-state index in [-0.39, 0.29) is 17.8 Å². The van der Waals surface area contributed by atoms with Crippen LogP contribution in [-0.4, -0.2) is 32.4 Å². The number of aryl methyl sites for hydroxylation is 1. The lowest BCUT2D eigenvalue weighted by Gasteiger charge is -2.12. The smallest absolute Gasteiger partial charge is 0.351 e. The van der Waals surface area contributed by atoms with Gasteiger partial charge in [0.1, 0.15) is 0 Å². The minimum atomic E-state index is -4.45. The molecule has 9 heteroatoms. The second kappa shape index (κ2) is 8.64. The van der Waals surface area contributed by atoms with Crippen molar-refractivity contribution in [1.82, 2.24) is 25.3 Å². The highest BCUT2D eigenvalue weighted by Gasteiger charge is 2.33. The first-order valence-electron chi connectivity index (χ1n) is 8.66. The number of amides is 1. The zero-order chi connectivity index (χ0) is 20.0. The Morgan fingerprint density at radius 2 is 1.96 bits per heavy atom. The number of rotatable bonds is 7. The fourth-order valence-corrected chi connectivity index (χ4v) is 2.72. The number of halogens is 3. The lowest BCUT2D eigenvalue weighted by atomic mass is 10.1. The number of hydrogen-bond acceptors (Lipinski definition) is 4. The molecule has 6 nitrogen and oxygen atoms in total. The molecule has 0 unspecified atom stereocenters. The van der Waals surface area contributed by atoms with E-state index < -0.39 is 17.6 Å². The Morgan fingerprint density at radius 3 is 2.71 bits per heavy atom. The zero-order valence-electron chi connectivity index (χ0n) is 14.9. The molecule has 1 N–H and O–H groups in total. The highest BCUT2D eigenvalue weighted by molar-refractivity contribution is 5.91. The monoisotopic (exact) mass is 389 g/mol. The lowest BCUT2D eigenvalue weighted by molar-refractivity contribution is -0.138. The number of hydrogen-bond donors (Lipinski definition) is 1. The number of nitrogens with zero attached hydrogens (tertiary/aromatic N) is 4. The van der Waals surface area contributed by atoms with Crippen molar-refractivity contribution in [3.8, 4) is 0 Å². The normalized spacial score (nSPS) is 11.4. The molecule has 0 atom stereocenters. The Balaban J connectivity index is 1.55. The Kier molecular flexibility index (Phi) is 6.03. The first-order valence-corrected chi connectivity index (χ1v) is 8.66. The Labute approximate surface area is 159 Å². The van der Waals surface area contributed by atoms with Crippen molar-refractivity contribution < 1.29 is 18.0 Å². The molecule has 1 amide bonds. The van der Waals surface area contributed by atoms with Gasteiger partial charge in [-0.1, -0.05) is 29.5 Å². The van der Waals surface area contributed by atoms with E-state index in [1.807, 2.05) is 12.1 Å². The van der Waals surface area contributed by atoms with Gasteiger partial charge < -0.3 is 5.32 Å². The van der Waals surface area contributed by atoms with Crippen molar-refractivity contribution in [3.63, 3.8) is 0 Å². The van der Waals surface area contributed by atoms with Crippen LogP contribution in [0.2, 0.25) is 0 Å². The van der Waals surface area contributed by atoms with Gasteiger partial charge in [0.25, 0.3) is 5.91 Å². The second-order valence-electron chi connectivity index (χ2n) is 6.18. The third-order valence-electron chi connectivity index (χ3n) is 4.08. The summed E-state index contributed by atoms with van der Waals surface area (Å²) >= 11 is 0. The topological polar surface area (TPSA) is 72.7 Å². The predicted molar refractivity (Wildman–Crippen MR) is 95.5 cm³/mol. The largest absolute Gasteiger partial charge is 0.416 e. The molecule has 0 saturated heterocycles. The summed E-state index contributed by atoms with van der Waals surface area (Å²) < 4.78 is 40.4. The third kappa shape index (κ3) is 5.15. The van der Waals surface area contributed by atoms with Gasteiger partial charge in [0.2, 0.25) is 0 Å². The molecule has 0 fully saturated rings. The number of carbonyl (C=O) groups excluding carboxylic acids is 1. The number of pyridine rings is 1. The fraction of sp³-hybridized carbons (Fsp3) is 0.263. The van der Waals surface area contributed by atoms with Gasteiger partial charge in [-0.3, -0.25) is 9.78 Å². The van der Waals surface area contributed by atoms with E-state index in [0.29, 0.717) is 6.54 Å². The van der Waals surface area contributed by atoms with Gasteiger partial charge in [-0.25, -0.2) is 4.68 Å². The van der Waals surface area contributed by atoms with E-state index in [4.69, 9.17) is 0 Å². The number of benzene rings is 1. The molecule has 0 aliphatic carbocycles. The van der Waals surface area contributed by atoms with Crippen LogP contribution in [0.15, 0.2) is 55.0 Å². The molecular weight excluding hydrogens is 371 g/mol. The van der Waals surface area contributed by atoms with Gasteiger partial charge in [-0.15, -0.1) is 5.10 Å². The summed E-state index contributed by atoms with van der Waals surface area (Å²) in [6.45, 7) is 0.314. The molecule has 2 heterocycles. The molecule has 0 bridgehead atoms. The van der Waals surface area contributed by atoms with E-state index in [0.717, 1.165) is 24.5 Å². The number of carbonyl (C=O) groups is 1. The van der Waals surface area contributed by atoms with E-state index >= 15 is 0 Å². The van der Waals surface area contributed by atoms with Gasteiger partial charge in [-0.05, 0) is 36.1 Å². The van der Waals surface area contributed by atoms with Crippen LogP contribution in [-0.2, 0) is 19.1 Å². The molecule has 3 aromatic rings. The van der Waals surface area contributed by atoms with Gasteiger partial charge in [0.05, 0.1) is 18.3 Å². The Bertz CT molecular complexity index is 925. The molecule has 0 saturated carbocycles. The highest BCUT2D eigenvalue weighted by atomic mass is 19.4. The van der Waals surface area contributed by atoms with Crippen molar-refractivity contribution in [2.75, 3.05) is 6.54 Å². The van der Waals surface area contributed by atoms with Crippen LogP contribution in [0.25, 0.3) is 0 Å². The SMILES string of the molecule is O=C(NCCCc1cccnc1)c1cn(Cc2ccccc2C(F)(F)F)nn1. The molecule has 146 valence electrons. The number of nitrogens with one attached hydrogen (secondary N) is 1. The first kappa shape index (κ1) is 19.5. The summed E-state index contributed by atoms with van der Waals surface area (Å²) in [4.78, 5) is 16.2. The Hall–Kier alpha value is -3.23. The van der Waals surface area contributed by atoms with Crippen LogP contribution in [0.1, 0.15) is 33.6 Å². The van der Waals surface area contributed by atoms with Crippen molar-refractivity contribution in [3.05, 3.63) is 77.4 Å². The maximum absolute atomic E-state index is 13.1. The van der Waals surface area contributed by atoms with Gasteiger partial charge >= 0.3 is 6.18 Å². The zero-order valence-corrected chi connectivity index (χ0v) is 14.9. The molecule has 0 radical (unpaired) electrons. The standard InChI is InChI=1S/C19H18F3N5O/c20-19(21,22)16-8-2-1-7-15(16)12-27-13-17(25-26-27)18(28)24-10-4-6-14-5-3-9-23-11-14/h1-3,5,7-9,11,13H,4,6,10,12H2,(H,24,28). The average molecular weight is 389 g/mol. The summed E-state index contributed by atoms with van der Waals surface area (Å²) in [5.74, 6) is -0.415. The first-order chi connectivity index (χ1) is 13.4. The van der Waals surface area contributed by atoms with E-state index in [2.05, 4.69) is 20.6 Å². The molecule has 1 aromatic carbocycles. The molecule has 0 aliphatic rings. The third-order valence-corrected chi connectivity index (χ3v) is 4.08. The van der Waals surface area contributed by atoms with Gasteiger partial charge in [0, 0.05) is 18.9 Å². The quantitative estimate of drug-likeness (QED) is 0.631. The Morgan fingerprint density at radius 1 is 1.14 bits per heavy atom. The molecule has 28 heavy (non-hydrogen) atoms. The van der Waals surface area contributed by atoms with Crippen molar-refractivity contribution in [1.29, 1.82) is 0 Å². The van der Waals surface area contributed by atoms with E-state index in [1.165, 1.54) is 29.1 Å². The molecule has 2 aromatic heterocycles. The van der Waals surface area contributed by atoms with Crippen LogP contribution in [0, 0.1) is 0 Å². The maximum atomic E-state index is 13.1. The predicted octanol–water partition coefficient (Wildman–Crippen LogP) is 3.10. The van der Waals surface area contributed by atoms with Crippen LogP contribution in [0.4, 0.5) is 13.2 Å². The average Bonchev–Trinajstić information content (AvgIpc) is 3.14.